The molecule has 2 unspecified atom stereocenters. The van der Waals surface area contributed by atoms with E-state index in [0.29, 0.717) is 6.42 Å². The van der Waals surface area contributed by atoms with Crippen molar-refractivity contribution >= 4 is 24.7 Å². The number of ether oxygens (including phenoxy) is 1. The van der Waals surface area contributed by atoms with Crippen LogP contribution in [0, 0.1) is 0 Å². The SMILES string of the molecule is CCCCCC=CCC=CCCCCCCCCC(CCCCCCCCC=CCC(CCCCC)O[Si](c1ccccc1)(c1ccccc1)C(C)(C)C)OC(=O)CCCN(C)C. The normalized spacial score (nSPS) is 13.5. The molecule has 0 bridgehead atoms. The first kappa shape index (κ1) is 56.4. The van der Waals surface area contributed by atoms with Gasteiger partial charge < -0.3 is 14.1 Å². The Labute approximate surface area is 391 Å². The second-order valence-corrected chi connectivity index (χ2v) is 23.9. The Bertz CT molecular complexity index is 1410. The van der Waals surface area contributed by atoms with Crippen LogP contribution < -0.4 is 10.4 Å². The fourth-order valence-corrected chi connectivity index (χ4v) is 13.6. The summed E-state index contributed by atoms with van der Waals surface area (Å²) < 4.78 is 13.7. The number of carbonyl (C=O) groups is 1. The summed E-state index contributed by atoms with van der Waals surface area (Å²) >= 11 is 0. The summed E-state index contributed by atoms with van der Waals surface area (Å²) in [6.45, 7) is 12.7. The lowest BCUT2D eigenvalue weighted by atomic mass is 10.0. The number of rotatable bonds is 39. The number of hydrogen-bond acceptors (Lipinski definition) is 4. The van der Waals surface area contributed by atoms with Gasteiger partial charge >= 0.3 is 5.97 Å². The minimum Gasteiger partial charge on any atom is -0.462 e. The Balaban J connectivity index is 1.75. The van der Waals surface area contributed by atoms with E-state index in [1.807, 2.05) is 0 Å². The second kappa shape index (κ2) is 36.5. The van der Waals surface area contributed by atoms with Crippen molar-refractivity contribution in [3.05, 3.63) is 97.1 Å². The molecule has 0 aromatic heterocycles. The lowest BCUT2D eigenvalue weighted by Gasteiger charge is -2.45. The number of unbranched alkanes of at least 4 members (excludes halogenated alkanes) is 17. The highest BCUT2D eigenvalue weighted by molar-refractivity contribution is 6.99. The first-order valence-electron chi connectivity index (χ1n) is 26.2. The molecule has 0 N–H and O–H groups in total. The molecule has 0 heterocycles. The van der Waals surface area contributed by atoms with Crippen LogP contribution in [0.2, 0.25) is 5.04 Å². The van der Waals surface area contributed by atoms with Crippen molar-refractivity contribution in [2.45, 2.75) is 232 Å². The van der Waals surface area contributed by atoms with E-state index in [2.05, 4.69) is 151 Å². The molecule has 2 aromatic rings. The highest BCUT2D eigenvalue weighted by Gasteiger charge is 2.51. The van der Waals surface area contributed by atoms with Gasteiger partial charge in [-0.05, 0) is 126 Å². The van der Waals surface area contributed by atoms with Crippen molar-refractivity contribution in [3.63, 3.8) is 0 Å². The second-order valence-electron chi connectivity index (χ2n) is 19.7. The van der Waals surface area contributed by atoms with Crippen molar-refractivity contribution < 1.29 is 14.0 Å². The van der Waals surface area contributed by atoms with Crippen molar-refractivity contribution in [1.82, 2.24) is 4.90 Å². The maximum Gasteiger partial charge on any atom is 0.306 e. The lowest BCUT2D eigenvalue weighted by molar-refractivity contribution is -0.150. The molecule has 0 saturated heterocycles. The minimum absolute atomic E-state index is 0.00298. The Morgan fingerprint density at radius 2 is 0.984 bits per heavy atom. The van der Waals surface area contributed by atoms with Gasteiger partial charge in [-0.2, -0.15) is 0 Å². The van der Waals surface area contributed by atoms with Gasteiger partial charge in [0.1, 0.15) is 6.10 Å². The molecule has 5 heteroatoms. The molecule has 2 rings (SSSR count). The van der Waals surface area contributed by atoms with Crippen LogP contribution in [-0.2, 0) is 14.0 Å². The van der Waals surface area contributed by atoms with Gasteiger partial charge in [0, 0.05) is 12.5 Å². The summed E-state index contributed by atoms with van der Waals surface area (Å²) in [7, 11) is 1.55. The van der Waals surface area contributed by atoms with Gasteiger partial charge in [0.2, 0.25) is 0 Å². The number of carbonyl (C=O) groups excluding carboxylic acids is 1. The van der Waals surface area contributed by atoms with Crippen LogP contribution in [0.1, 0.15) is 214 Å². The van der Waals surface area contributed by atoms with E-state index in [-0.39, 0.29) is 23.2 Å². The molecule has 0 aliphatic carbocycles. The molecule has 0 saturated carbocycles. The van der Waals surface area contributed by atoms with Crippen LogP contribution in [0.15, 0.2) is 97.1 Å². The molecule has 4 nitrogen and oxygen atoms in total. The molecule has 356 valence electrons. The molecule has 0 aliphatic rings. The average molecular weight is 885 g/mol. The van der Waals surface area contributed by atoms with Gasteiger partial charge in [0.25, 0.3) is 8.32 Å². The Kier molecular flexibility index (Phi) is 32.7. The third-order valence-electron chi connectivity index (χ3n) is 12.6. The third-order valence-corrected chi connectivity index (χ3v) is 17.7. The van der Waals surface area contributed by atoms with Gasteiger partial charge in [-0.3, -0.25) is 4.79 Å². The number of nitrogens with zero attached hydrogens (tertiary/aromatic N) is 1. The zero-order valence-electron chi connectivity index (χ0n) is 42.1. The van der Waals surface area contributed by atoms with Crippen LogP contribution >= 0.6 is 0 Å². The third kappa shape index (κ3) is 26.1. The minimum atomic E-state index is -2.58. The number of esters is 1. The zero-order valence-corrected chi connectivity index (χ0v) is 43.1. The van der Waals surface area contributed by atoms with E-state index in [4.69, 9.17) is 9.16 Å². The quantitative estimate of drug-likeness (QED) is 0.0290. The fourth-order valence-electron chi connectivity index (χ4n) is 8.90. The van der Waals surface area contributed by atoms with Crippen molar-refractivity contribution in [2.75, 3.05) is 20.6 Å². The average Bonchev–Trinajstić information content (AvgIpc) is 3.26. The van der Waals surface area contributed by atoms with E-state index in [1.54, 1.807) is 0 Å². The zero-order chi connectivity index (χ0) is 45.7. The van der Waals surface area contributed by atoms with E-state index in [0.717, 1.165) is 57.9 Å². The summed E-state index contributed by atoms with van der Waals surface area (Å²) in [6.07, 6.45) is 47.4. The number of allylic oxidation sites excluding steroid dienone is 5. The molecule has 0 radical (unpaired) electrons. The molecule has 0 aliphatic heterocycles. The monoisotopic (exact) mass is 884 g/mol. The van der Waals surface area contributed by atoms with Crippen LogP contribution in [0.3, 0.4) is 0 Å². The topological polar surface area (TPSA) is 38.8 Å². The van der Waals surface area contributed by atoms with Crippen molar-refractivity contribution in [2.24, 2.45) is 0 Å². The fraction of sp³-hybridized carbons (Fsp3) is 0.672. The molecule has 2 aromatic carbocycles. The first-order valence-corrected chi connectivity index (χ1v) is 28.1. The smallest absolute Gasteiger partial charge is 0.306 e. The maximum absolute atomic E-state index is 12.7. The Hall–Kier alpha value is -2.73. The maximum atomic E-state index is 12.7. The van der Waals surface area contributed by atoms with Gasteiger partial charge in [0.05, 0.1) is 0 Å². The standard InChI is InChI=1S/C58H97NO3Si/c1-8-10-12-13-14-15-16-17-18-19-20-21-23-26-29-35-43-53(61-57(60)51-42-52-59(6)7)44-36-30-27-24-22-25-28-31-37-46-54(45-34-11-9-2)62-63(58(3,4)5,55-47-38-32-39-48-55)56-49-40-33-41-50-56/h14-15,17-18,31-33,37-41,47-50,53-54H,8-13,16,19-30,34-36,42-46,51-52H2,1-7H3. The van der Waals surface area contributed by atoms with Crippen LogP contribution in [-0.4, -0.2) is 52.0 Å². The highest BCUT2D eigenvalue weighted by Crippen LogP contribution is 2.38. The number of hydrogen-bond donors (Lipinski definition) is 0. The highest BCUT2D eigenvalue weighted by atomic mass is 28.4. The molecule has 2 atom stereocenters. The summed E-state index contributed by atoms with van der Waals surface area (Å²) in [5.41, 5.74) is 0. The molecular formula is C58H97NO3Si. The van der Waals surface area contributed by atoms with Crippen LogP contribution in [0.25, 0.3) is 0 Å². The van der Waals surface area contributed by atoms with Crippen molar-refractivity contribution in [1.29, 1.82) is 0 Å². The summed E-state index contributed by atoms with van der Waals surface area (Å²) in [4.78, 5) is 14.9. The lowest BCUT2D eigenvalue weighted by Crippen LogP contribution is -2.67. The predicted octanol–water partition coefficient (Wildman–Crippen LogP) is 16.0. The molecule has 0 spiro atoms. The largest absolute Gasteiger partial charge is 0.462 e. The van der Waals surface area contributed by atoms with E-state index in [1.165, 1.54) is 132 Å². The number of benzene rings is 2. The molecule has 0 fully saturated rings. The summed E-state index contributed by atoms with van der Waals surface area (Å²) in [6, 6.07) is 22.2. The van der Waals surface area contributed by atoms with Crippen LogP contribution in [0.5, 0.6) is 0 Å². The Morgan fingerprint density at radius 3 is 1.48 bits per heavy atom. The molecule has 63 heavy (non-hydrogen) atoms. The van der Waals surface area contributed by atoms with Gasteiger partial charge in [0.15, 0.2) is 0 Å². The summed E-state index contributed by atoms with van der Waals surface area (Å²) in [5.74, 6) is -0.00298. The Morgan fingerprint density at radius 1 is 0.556 bits per heavy atom. The van der Waals surface area contributed by atoms with Crippen molar-refractivity contribution in [3.8, 4) is 0 Å². The van der Waals surface area contributed by atoms with Crippen LogP contribution in [0.4, 0.5) is 0 Å². The van der Waals surface area contributed by atoms with Gasteiger partial charge in [-0.1, -0.05) is 215 Å². The summed E-state index contributed by atoms with van der Waals surface area (Å²) in [5, 5.41) is 2.72. The van der Waals surface area contributed by atoms with E-state index in [9.17, 15) is 4.79 Å². The molecular weight excluding hydrogens is 787 g/mol. The predicted molar refractivity (Wildman–Crippen MR) is 279 cm³/mol. The van der Waals surface area contributed by atoms with Gasteiger partial charge in [-0.15, -0.1) is 0 Å². The van der Waals surface area contributed by atoms with E-state index < -0.39 is 8.32 Å². The molecule has 0 amide bonds. The van der Waals surface area contributed by atoms with E-state index >= 15 is 0 Å². The van der Waals surface area contributed by atoms with Gasteiger partial charge in [-0.25, -0.2) is 0 Å². The first-order chi connectivity index (χ1) is 30.6.